The fourth-order valence-electron chi connectivity index (χ4n) is 2.60. The first-order chi connectivity index (χ1) is 11.0. The fraction of sp³-hybridized carbons (Fsp3) is 0.333. The summed E-state index contributed by atoms with van der Waals surface area (Å²) in [7, 11) is -0.145. The highest BCUT2D eigenvalue weighted by Crippen LogP contribution is 2.42. The minimum Gasteiger partial charge on any atom is -0.326 e. The molecule has 0 atom stereocenters. The van der Waals surface area contributed by atoms with Gasteiger partial charge in [-0.3, -0.25) is 0 Å². The number of hydrogen-bond donors (Lipinski definition) is 1. The van der Waals surface area contributed by atoms with E-state index in [1.807, 2.05) is 17.0 Å². The van der Waals surface area contributed by atoms with Crippen LogP contribution in [-0.2, 0) is 17.1 Å². The van der Waals surface area contributed by atoms with E-state index in [-0.39, 0.29) is 4.90 Å². The van der Waals surface area contributed by atoms with Crippen molar-refractivity contribution in [1.29, 1.82) is 0 Å². The summed E-state index contributed by atoms with van der Waals surface area (Å²) in [5, 5.41) is 3.20. The van der Waals surface area contributed by atoms with Gasteiger partial charge < -0.3 is 4.57 Å². The minimum atomic E-state index is -3.47. The van der Waals surface area contributed by atoms with Crippen molar-refractivity contribution >= 4 is 32.4 Å². The van der Waals surface area contributed by atoms with Crippen LogP contribution in [0.15, 0.2) is 28.5 Å². The van der Waals surface area contributed by atoms with E-state index < -0.39 is 10.0 Å². The number of imidazole rings is 1. The maximum atomic E-state index is 11.9. The van der Waals surface area contributed by atoms with Crippen molar-refractivity contribution in [2.24, 2.45) is 7.05 Å². The van der Waals surface area contributed by atoms with Gasteiger partial charge in [-0.2, -0.15) is 0 Å². The number of hydrogen-bond acceptors (Lipinski definition) is 5. The lowest BCUT2D eigenvalue weighted by Gasteiger charge is -2.02. The molecule has 2 aromatic heterocycles. The molecule has 0 radical (unpaired) electrons. The van der Waals surface area contributed by atoms with E-state index in [1.165, 1.54) is 24.9 Å². The van der Waals surface area contributed by atoms with E-state index in [0.29, 0.717) is 11.4 Å². The summed E-state index contributed by atoms with van der Waals surface area (Å²) >= 11 is 1.67. The quantitative estimate of drug-likeness (QED) is 0.786. The van der Waals surface area contributed by atoms with Gasteiger partial charge in [0.2, 0.25) is 10.0 Å². The predicted octanol–water partition coefficient (Wildman–Crippen LogP) is 2.48. The zero-order chi connectivity index (χ0) is 16.2. The molecule has 0 unspecified atom stereocenters. The van der Waals surface area contributed by atoms with Gasteiger partial charge in [0.25, 0.3) is 0 Å². The van der Waals surface area contributed by atoms with Crippen LogP contribution in [0.1, 0.15) is 23.8 Å². The molecule has 0 amide bonds. The Kier molecular flexibility index (Phi) is 3.29. The van der Waals surface area contributed by atoms with Gasteiger partial charge in [-0.25, -0.2) is 23.1 Å². The summed E-state index contributed by atoms with van der Waals surface area (Å²) in [4.78, 5) is 9.51. The van der Waals surface area contributed by atoms with Crippen LogP contribution < -0.4 is 4.72 Å². The van der Waals surface area contributed by atoms with Crippen molar-refractivity contribution in [2.75, 3.05) is 7.05 Å². The normalized spacial score (nSPS) is 15.4. The molecule has 1 fully saturated rings. The van der Waals surface area contributed by atoms with Crippen molar-refractivity contribution in [3.8, 4) is 11.5 Å². The maximum Gasteiger partial charge on any atom is 0.240 e. The van der Waals surface area contributed by atoms with Crippen LogP contribution in [0.25, 0.3) is 22.6 Å². The Hall–Kier alpha value is -1.77. The average Bonchev–Trinajstić information content (AvgIpc) is 3.19. The zero-order valence-electron chi connectivity index (χ0n) is 12.8. The number of thiazole rings is 1. The Balaban J connectivity index is 1.82. The molecule has 0 saturated heterocycles. The van der Waals surface area contributed by atoms with Crippen LogP contribution in [0.3, 0.4) is 0 Å². The summed E-state index contributed by atoms with van der Waals surface area (Å²) in [6.45, 7) is 0. The zero-order valence-corrected chi connectivity index (χ0v) is 14.4. The highest BCUT2D eigenvalue weighted by molar-refractivity contribution is 7.89. The molecule has 1 aromatic carbocycles. The molecule has 1 aliphatic carbocycles. The number of aromatic nitrogens is 3. The molecule has 1 saturated carbocycles. The number of rotatable bonds is 4. The third-order valence-electron chi connectivity index (χ3n) is 4.11. The van der Waals surface area contributed by atoms with Gasteiger partial charge in [0, 0.05) is 18.3 Å². The van der Waals surface area contributed by atoms with E-state index in [2.05, 4.69) is 9.71 Å². The summed E-state index contributed by atoms with van der Waals surface area (Å²) in [6, 6.07) is 4.97. The van der Waals surface area contributed by atoms with Crippen LogP contribution in [-0.4, -0.2) is 30.0 Å². The third-order valence-corrected chi connectivity index (χ3v) is 6.53. The number of fused-ring (bicyclic) bond motifs is 1. The molecule has 3 aromatic rings. The SMILES string of the molecule is CNS(=O)(=O)c1ccc2c(c1)nc(-c1csc(C3CC3)n1)n2C. The fourth-order valence-corrected chi connectivity index (χ4v) is 4.32. The van der Waals surface area contributed by atoms with Gasteiger partial charge in [-0.15, -0.1) is 11.3 Å². The number of benzene rings is 1. The molecular weight excluding hydrogens is 332 g/mol. The second kappa shape index (κ2) is 5.12. The van der Waals surface area contributed by atoms with E-state index in [4.69, 9.17) is 4.98 Å². The third kappa shape index (κ3) is 2.46. The molecule has 0 aliphatic heterocycles. The molecule has 0 spiro atoms. The maximum absolute atomic E-state index is 11.9. The topological polar surface area (TPSA) is 76.9 Å². The molecular formula is C15H16N4O2S2. The van der Waals surface area contributed by atoms with E-state index in [0.717, 1.165) is 17.0 Å². The Labute approximate surface area is 138 Å². The van der Waals surface area contributed by atoms with Gasteiger partial charge in [0.1, 0.15) is 5.69 Å². The lowest BCUT2D eigenvalue weighted by Crippen LogP contribution is -2.18. The van der Waals surface area contributed by atoms with Crippen LogP contribution in [0, 0.1) is 0 Å². The predicted molar refractivity (Wildman–Crippen MR) is 90.0 cm³/mol. The first kappa shape index (κ1) is 14.8. The summed E-state index contributed by atoms with van der Waals surface area (Å²) in [5.41, 5.74) is 2.39. The second-order valence-corrected chi connectivity index (χ2v) is 8.47. The Morgan fingerprint density at radius 3 is 2.78 bits per heavy atom. The molecule has 8 heteroatoms. The van der Waals surface area contributed by atoms with Gasteiger partial charge in [0.15, 0.2) is 5.82 Å². The highest BCUT2D eigenvalue weighted by Gasteiger charge is 2.27. The van der Waals surface area contributed by atoms with Crippen molar-refractivity contribution in [3.05, 3.63) is 28.6 Å². The first-order valence-electron chi connectivity index (χ1n) is 7.35. The minimum absolute atomic E-state index is 0.217. The smallest absolute Gasteiger partial charge is 0.240 e. The average molecular weight is 348 g/mol. The van der Waals surface area contributed by atoms with Gasteiger partial charge in [-0.05, 0) is 38.1 Å². The molecule has 1 N–H and O–H groups in total. The second-order valence-electron chi connectivity index (χ2n) is 5.70. The number of sulfonamides is 1. The number of aryl methyl sites for hydroxylation is 1. The summed E-state index contributed by atoms with van der Waals surface area (Å²) in [5.74, 6) is 1.39. The van der Waals surface area contributed by atoms with Crippen molar-refractivity contribution in [1.82, 2.24) is 19.3 Å². The van der Waals surface area contributed by atoms with Crippen molar-refractivity contribution in [3.63, 3.8) is 0 Å². The van der Waals surface area contributed by atoms with Crippen LogP contribution in [0.2, 0.25) is 0 Å². The number of nitrogens with one attached hydrogen (secondary N) is 1. The molecule has 23 heavy (non-hydrogen) atoms. The Morgan fingerprint density at radius 1 is 1.30 bits per heavy atom. The van der Waals surface area contributed by atoms with Crippen molar-refractivity contribution in [2.45, 2.75) is 23.7 Å². The largest absolute Gasteiger partial charge is 0.326 e. The number of nitrogens with zero attached hydrogens (tertiary/aromatic N) is 3. The Bertz CT molecular complexity index is 1000. The van der Waals surface area contributed by atoms with Crippen molar-refractivity contribution < 1.29 is 8.42 Å². The highest BCUT2D eigenvalue weighted by atomic mass is 32.2. The molecule has 1 aliphatic rings. The summed E-state index contributed by atoms with van der Waals surface area (Å²) in [6.07, 6.45) is 2.45. The van der Waals surface area contributed by atoms with E-state index >= 15 is 0 Å². The van der Waals surface area contributed by atoms with Gasteiger partial charge in [0.05, 0.1) is 20.9 Å². The van der Waals surface area contributed by atoms with Gasteiger partial charge >= 0.3 is 0 Å². The van der Waals surface area contributed by atoms with Crippen LogP contribution >= 0.6 is 11.3 Å². The molecule has 120 valence electrons. The Morgan fingerprint density at radius 2 is 2.09 bits per heavy atom. The monoisotopic (exact) mass is 348 g/mol. The van der Waals surface area contributed by atoms with Crippen LogP contribution in [0.5, 0.6) is 0 Å². The molecule has 6 nitrogen and oxygen atoms in total. The first-order valence-corrected chi connectivity index (χ1v) is 9.71. The van der Waals surface area contributed by atoms with E-state index in [1.54, 1.807) is 29.5 Å². The summed E-state index contributed by atoms with van der Waals surface area (Å²) < 4.78 is 28.2. The molecule has 4 rings (SSSR count). The molecule has 0 bridgehead atoms. The standard InChI is InChI=1S/C15H16N4O2S2/c1-16-23(20,21)10-5-6-13-11(7-10)17-14(19(13)2)12-8-22-15(18-12)9-3-4-9/h5-9,16H,3-4H2,1-2H3. The van der Waals surface area contributed by atoms with E-state index in [9.17, 15) is 8.42 Å². The lowest BCUT2D eigenvalue weighted by atomic mass is 10.3. The van der Waals surface area contributed by atoms with Gasteiger partial charge in [-0.1, -0.05) is 0 Å². The van der Waals surface area contributed by atoms with Crippen LogP contribution in [0.4, 0.5) is 0 Å². The molecule has 2 heterocycles. The lowest BCUT2D eigenvalue weighted by molar-refractivity contribution is 0.588.